The molecule has 0 saturated carbocycles. The molecule has 1 aromatic rings. The summed E-state index contributed by atoms with van der Waals surface area (Å²) < 4.78 is 5.46. The van der Waals surface area contributed by atoms with Gasteiger partial charge in [0.25, 0.3) is 0 Å². The highest BCUT2D eigenvalue weighted by Crippen LogP contribution is 2.27. The Balaban J connectivity index is 2.34. The smallest absolute Gasteiger partial charge is 0.106 e. The molecule has 1 heterocycles. The van der Waals surface area contributed by atoms with Crippen LogP contribution in [0, 0.1) is 6.92 Å². The molecule has 4 nitrogen and oxygen atoms in total. The predicted molar refractivity (Wildman–Crippen MR) is 76.1 cm³/mol. The van der Waals surface area contributed by atoms with Gasteiger partial charge in [-0.3, -0.25) is 0 Å². The summed E-state index contributed by atoms with van der Waals surface area (Å²) in [6.45, 7) is 4.13. The molecular weight excluding hydrogens is 248 g/mol. The van der Waals surface area contributed by atoms with E-state index in [4.69, 9.17) is 22.7 Å². The van der Waals surface area contributed by atoms with Gasteiger partial charge in [-0.1, -0.05) is 24.4 Å². The molecule has 98 valence electrons. The van der Waals surface area contributed by atoms with E-state index in [1.807, 2.05) is 25.1 Å². The first-order chi connectivity index (χ1) is 8.63. The first-order valence-corrected chi connectivity index (χ1v) is 6.41. The van der Waals surface area contributed by atoms with E-state index in [-0.39, 0.29) is 12.7 Å². The van der Waals surface area contributed by atoms with Crippen molar-refractivity contribution < 1.29 is 9.84 Å². The SMILES string of the molecule is Cc1cccc(C(N)=S)c1N1CCOC(CO)C1. The van der Waals surface area contributed by atoms with Crippen LogP contribution in [0.1, 0.15) is 11.1 Å². The van der Waals surface area contributed by atoms with Gasteiger partial charge >= 0.3 is 0 Å². The number of morpholine rings is 1. The van der Waals surface area contributed by atoms with Crippen LogP contribution in [0.2, 0.25) is 0 Å². The Labute approximate surface area is 112 Å². The minimum absolute atomic E-state index is 0.0325. The lowest BCUT2D eigenvalue weighted by atomic mass is 10.1. The summed E-state index contributed by atoms with van der Waals surface area (Å²) >= 11 is 5.11. The molecule has 1 unspecified atom stereocenters. The fourth-order valence-electron chi connectivity index (χ4n) is 2.31. The lowest BCUT2D eigenvalue weighted by molar-refractivity contribution is 0.00353. The topological polar surface area (TPSA) is 58.7 Å². The maximum atomic E-state index is 9.20. The quantitative estimate of drug-likeness (QED) is 0.794. The molecule has 0 amide bonds. The molecule has 0 aliphatic carbocycles. The summed E-state index contributed by atoms with van der Waals surface area (Å²) in [6.07, 6.45) is -0.141. The third-order valence-electron chi connectivity index (χ3n) is 3.16. The third kappa shape index (κ3) is 2.63. The van der Waals surface area contributed by atoms with Gasteiger partial charge in [0.05, 0.1) is 25.0 Å². The summed E-state index contributed by atoms with van der Waals surface area (Å²) in [6, 6.07) is 5.94. The number of aryl methyl sites for hydroxylation is 1. The highest BCUT2D eigenvalue weighted by atomic mass is 32.1. The molecule has 0 radical (unpaired) electrons. The molecule has 1 atom stereocenters. The van der Waals surface area contributed by atoms with Crippen molar-refractivity contribution in [2.45, 2.75) is 13.0 Å². The highest BCUT2D eigenvalue weighted by molar-refractivity contribution is 7.80. The summed E-state index contributed by atoms with van der Waals surface area (Å²) in [4.78, 5) is 2.59. The molecule has 0 spiro atoms. The minimum atomic E-state index is -0.141. The van der Waals surface area contributed by atoms with Crippen LogP contribution in [-0.4, -0.2) is 42.5 Å². The zero-order valence-corrected chi connectivity index (χ0v) is 11.2. The van der Waals surface area contributed by atoms with Crippen molar-refractivity contribution in [3.63, 3.8) is 0 Å². The number of ether oxygens (including phenoxy) is 1. The van der Waals surface area contributed by atoms with Crippen LogP contribution >= 0.6 is 12.2 Å². The van der Waals surface area contributed by atoms with Gasteiger partial charge < -0.3 is 20.5 Å². The molecule has 1 aliphatic heterocycles. The van der Waals surface area contributed by atoms with E-state index in [1.165, 1.54) is 0 Å². The number of nitrogens with two attached hydrogens (primary N) is 1. The van der Waals surface area contributed by atoms with Crippen LogP contribution in [-0.2, 0) is 4.74 Å². The summed E-state index contributed by atoms with van der Waals surface area (Å²) in [7, 11) is 0. The van der Waals surface area contributed by atoms with E-state index in [9.17, 15) is 5.11 Å². The van der Waals surface area contributed by atoms with E-state index in [0.29, 0.717) is 18.1 Å². The van der Waals surface area contributed by atoms with Crippen molar-refractivity contribution in [3.8, 4) is 0 Å². The Bertz CT molecular complexity index is 451. The molecule has 2 rings (SSSR count). The normalized spacial score (nSPS) is 19.9. The Morgan fingerprint density at radius 2 is 2.39 bits per heavy atom. The van der Waals surface area contributed by atoms with E-state index in [2.05, 4.69) is 4.90 Å². The molecule has 1 saturated heterocycles. The fraction of sp³-hybridized carbons (Fsp3) is 0.462. The van der Waals surface area contributed by atoms with Gasteiger partial charge in [-0.25, -0.2) is 0 Å². The number of aliphatic hydroxyl groups excluding tert-OH is 1. The average molecular weight is 266 g/mol. The zero-order valence-electron chi connectivity index (χ0n) is 10.4. The van der Waals surface area contributed by atoms with Crippen LogP contribution < -0.4 is 10.6 Å². The second kappa shape index (κ2) is 5.65. The molecular formula is C13H18N2O2S. The number of para-hydroxylation sites is 1. The second-order valence-corrected chi connectivity index (χ2v) is 4.90. The zero-order chi connectivity index (χ0) is 13.1. The summed E-state index contributed by atoms with van der Waals surface area (Å²) in [5.41, 5.74) is 8.87. The molecule has 1 aliphatic rings. The van der Waals surface area contributed by atoms with Crippen LogP contribution in [0.3, 0.4) is 0 Å². The van der Waals surface area contributed by atoms with Gasteiger partial charge in [0, 0.05) is 18.7 Å². The Hall–Kier alpha value is -1.17. The number of nitrogens with zero attached hydrogens (tertiary/aromatic N) is 1. The summed E-state index contributed by atoms with van der Waals surface area (Å²) in [5, 5.41) is 9.20. The van der Waals surface area contributed by atoms with Crippen molar-refractivity contribution in [2.24, 2.45) is 5.73 Å². The number of hydrogen-bond acceptors (Lipinski definition) is 4. The number of anilines is 1. The highest BCUT2D eigenvalue weighted by Gasteiger charge is 2.23. The van der Waals surface area contributed by atoms with Gasteiger partial charge in [0.2, 0.25) is 0 Å². The largest absolute Gasteiger partial charge is 0.394 e. The lowest BCUT2D eigenvalue weighted by Crippen LogP contribution is -2.45. The Kier molecular flexibility index (Phi) is 4.16. The maximum absolute atomic E-state index is 9.20. The minimum Gasteiger partial charge on any atom is -0.394 e. The maximum Gasteiger partial charge on any atom is 0.106 e. The number of thiocarbonyl (C=S) groups is 1. The summed E-state index contributed by atoms with van der Waals surface area (Å²) in [5.74, 6) is 0. The predicted octanol–water partition coefficient (Wildman–Crippen LogP) is 0.827. The van der Waals surface area contributed by atoms with Crippen LogP contribution in [0.15, 0.2) is 18.2 Å². The Morgan fingerprint density at radius 1 is 1.61 bits per heavy atom. The molecule has 18 heavy (non-hydrogen) atoms. The van der Waals surface area contributed by atoms with Crippen molar-refractivity contribution in [3.05, 3.63) is 29.3 Å². The second-order valence-electron chi connectivity index (χ2n) is 4.46. The van der Waals surface area contributed by atoms with E-state index in [1.54, 1.807) is 0 Å². The average Bonchev–Trinajstić information content (AvgIpc) is 2.38. The fourth-order valence-corrected chi connectivity index (χ4v) is 2.48. The van der Waals surface area contributed by atoms with Crippen molar-refractivity contribution in [1.29, 1.82) is 0 Å². The first-order valence-electron chi connectivity index (χ1n) is 6.00. The number of hydrogen-bond donors (Lipinski definition) is 2. The number of rotatable bonds is 3. The Morgan fingerprint density at radius 3 is 3.06 bits per heavy atom. The number of aliphatic hydroxyl groups is 1. The molecule has 0 bridgehead atoms. The monoisotopic (exact) mass is 266 g/mol. The first kappa shape index (κ1) is 13.3. The standard InChI is InChI=1S/C13H18N2O2S/c1-9-3-2-4-11(13(14)18)12(9)15-5-6-17-10(7-15)8-16/h2-4,10,16H,5-8H2,1H3,(H2,14,18). The van der Waals surface area contributed by atoms with Gasteiger partial charge in [0.1, 0.15) is 4.99 Å². The van der Waals surface area contributed by atoms with E-state index in [0.717, 1.165) is 23.4 Å². The van der Waals surface area contributed by atoms with Gasteiger partial charge in [-0.2, -0.15) is 0 Å². The molecule has 0 aromatic heterocycles. The molecule has 3 N–H and O–H groups in total. The van der Waals surface area contributed by atoms with Gasteiger partial charge in [0.15, 0.2) is 0 Å². The van der Waals surface area contributed by atoms with Gasteiger partial charge in [-0.05, 0) is 18.6 Å². The van der Waals surface area contributed by atoms with Gasteiger partial charge in [-0.15, -0.1) is 0 Å². The lowest BCUT2D eigenvalue weighted by Gasteiger charge is -2.35. The van der Waals surface area contributed by atoms with Crippen LogP contribution in [0.25, 0.3) is 0 Å². The molecule has 5 heteroatoms. The van der Waals surface area contributed by atoms with Crippen LogP contribution in [0.5, 0.6) is 0 Å². The number of benzene rings is 1. The van der Waals surface area contributed by atoms with E-state index < -0.39 is 0 Å². The molecule has 1 aromatic carbocycles. The van der Waals surface area contributed by atoms with Crippen molar-refractivity contribution in [1.82, 2.24) is 0 Å². The van der Waals surface area contributed by atoms with E-state index >= 15 is 0 Å². The third-order valence-corrected chi connectivity index (χ3v) is 3.38. The van der Waals surface area contributed by atoms with Crippen molar-refractivity contribution in [2.75, 3.05) is 31.2 Å². The van der Waals surface area contributed by atoms with Crippen molar-refractivity contribution >= 4 is 22.9 Å². The van der Waals surface area contributed by atoms with Crippen LogP contribution in [0.4, 0.5) is 5.69 Å². The molecule has 1 fully saturated rings.